The third-order valence-electron chi connectivity index (χ3n) is 4.19. The number of amides is 1. The molecule has 2 rings (SSSR count). The van der Waals surface area contributed by atoms with Gasteiger partial charge in [-0.2, -0.15) is 0 Å². The first kappa shape index (κ1) is 18.7. The molecule has 0 aliphatic carbocycles. The second-order valence-electron chi connectivity index (χ2n) is 7.63. The molecule has 0 radical (unpaired) electrons. The van der Waals surface area contributed by atoms with Crippen LogP contribution in [0.15, 0.2) is 30.3 Å². The largest absolute Gasteiger partial charge is 0.444 e. The fourth-order valence-electron chi connectivity index (χ4n) is 2.90. The van der Waals surface area contributed by atoms with Crippen molar-refractivity contribution < 1.29 is 14.6 Å². The molecule has 0 aromatic heterocycles. The van der Waals surface area contributed by atoms with Crippen molar-refractivity contribution in [3.05, 3.63) is 35.9 Å². The van der Waals surface area contributed by atoms with Crippen molar-refractivity contribution in [3.8, 4) is 0 Å². The Hall–Kier alpha value is -1.59. The number of likely N-dealkylation sites (tertiary alicyclic amines) is 1. The van der Waals surface area contributed by atoms with Crippen LogP contribution < -0.4 is 5.32 Å². The Kier molecular flexibility index (Phi) is 6.24. The van der Waals surface area contributed by atoms with E-state index in [0.717, 1.165) is 13.0 Å². The summed E-state index contributed by atoms with van der Waals surface area (Å²) in [7, 11) is 0. The lowest BCUT2D eigenvalue weighted by atomic mass is 9.95. The smallest absolute Gasteiger partial charge is 0.410 e. The van der Waals surface area contributed by atoms with Crippen LogP contribution in [0.4, 0.5) is 4.79 Å². The normalized spacial score (nSPS) is 22.1. The van der Waals surface area contributed by atoms with Gasteiger partial charge in [0.2, 0.25) is 0 Å². The average Bonchev–Trinajstić information content (AvgIpc) is 2.69. The van der Waals surface area contributed by atoms with Gasteiger partial charge in [-0.15, -0.1) is 0 Å². The van der Waals surface area contributed by atoms with Gasteiger partial charge in [0.15, 0.2) is 0 Å². The SMILES string of the molecule is CC(C)(C)OC(=O)N1CCCC(O)(CNCc2ccccc2)CC1. The highest BCUT2D eigenvalue weighted by Gasteiger charge is 2.32. The van der Waals surface area contributed by atoms with Crippen molar-refractivity contribution in [1.29, 1.82) is 0 Å². The van der Waals surface area contributed by atoms with E-state index in [1.165, 1.54) is 5.56 Å². The molecule has 0 saturated carbocycles. The van der Waals surface area contributed by atoms with E-state index in [1.54, 1.807) is 4.90 Å². The monoisotopic (exact) mass is 334 g/mol. The van der Waals surface area contributed by atoms with E-state index in [1.807, 2.05) is 39.0 Å². The summed E-state index contributed by atoms with van der Waals surface area (Å²) in [5.74, 6) is 0. The molecule has 1 atom stereocenters. The highest BCUT2D eigenvalue weighted by molar-refractivity contribution is 5.68. The van der Waals surface area contributed by atoms with Crippen LogP contribution in [-0.4, -0.2) is 46.9 Å². The lowest BCUT2D eigenvalue weighted by Gasteiger charge is -2.28. The van der Waals surface area contributed by atoms with Crippen LogP contribution in [0.3, 0.4) is 0 Å². The third-order valence-corrected chi connectivity index (χ3v) is 4.19. The summed E-state index contributed by atoms with van der Waals surface area (Å²) >= 11 is 0. The van der Waals surface area contributed by atoms with Gasteiger partial charge in [-0.1, -0.05) is 30.3 Å². The van der Waals surface area contributed by atoms with Crippen LogP contribution in [-0.2, 0) is 11.3 Å². The summed E-state index contributed by atoms with van der Waals surface area (Å²) in [6, 6.07) is 10.1. The van der Waals surface area contributed by atoms with E-state index in [4.69, 9.17) is 4.74 Å². The number of aliphatic hydroxyl groups is 1. The van der Waals surface area contributed by atoms with Crippen LogP contribution in [0.5, 0.6) is 0 Å². The van der Waals surface area contributed by atoms with Gasteiger partial charge in [0.05, 0.1) is 5.60 Å². The van der Waals surface area contributed by atoms with Crippen molar-refractivity contribution in [2.45, 2.75) is 57.8 Å². The predicted octanol–water partition coefficient (Wildman–Crippen LogP) is 2.93. The molecule has 0 bridgehead atoms. The maximum Gasteiger partial charge on any atom is 0.410 e. The molecule has 0 spiro atoms. The molecule has 1 aromatic carbocycles. The minimum Gasteiger partial charge on any atom is -0.444 e. The molecule has 1 amide bonds. The summed E-state index contributed by atoms with van der Waals surface area (Å²) in [4.78, 5) is 13.9. The lowest BCUT2D eigenvalue weighted by molar-refractivity contribution is 0.0154. The number of rotatable bonds is 4. The molecule has 1 saturated heterocycles. The molecule has 5 heteroatoms. The number of nitrogens with zero attached hydrogens (tertiary/aromatic N) is 1. The minimum atomic E-state index is -0.772. The first-order valence-electron chi connectivity index (χ1n) is 8.72. The van der Waals surface area contributed by atoms with E-state index in [0.29, 0.717) is 32.5 Å². The number of carbonyl (C=O) groups is 1. The van der Waals surface area contributed by atoms with Gasteiger partial charge in [0.25, 0.3) is 0 Å². The quantitative estimate of drug-likeness (QED) is 0.889. The summed E-state index contributed by atoms with van der Waals surface area (Å²) in [5, 5.41) is 14.2. The summed E-state index contributed by atoms with van der Waals surface area (Å²) in [6.45, 7) is 8.03. The van der Waals surface area contributed by atoms with Gasteiger partial charge < -0.3 is 20.1 Å². The third kappa shape index (κ3) is 6.13. The molecule has 134 valence electrons. The molecule has 1 aromatic rings. The summed E-state index contributed by atoms with van der Waals surface area (Å²) in [6.07, 6.45) is 1.74. The zero-order chi connectivity index (χ0) is 17.6. The molecule has 1 aliphatic rings. The van der Waals surface area contributed by atoms with Crippen LogP contribution in [0.2, 0.25) is 0 Å². The molecular formula is C19H30N2O3. The van der Waals surface area contributed by atoms with Crippen molar-refractivity contribution in [1.82, 2.24) is 10.2 Å². The van der Waals surface area contributed by atoms with Gasteiger partial charge >= 0.3 is 6.09 Å². The Morgan fingerprint density at radius 1 is 1.25 bits per heavy atom. The van der Waals surface area contributed by atoms with E-state index in [9.17, 15) is 9.90 Å². The van der Waals surface area contributed by atoms with Gasteiger partial charge in [-0.25, -0.2) is 4.79 Å². The van der Waals surface area contributed by atoms with Crippen molar-refractivity contribution in [3.63, 3.8) is 0 Å². The highest BCUT2D eigenvalue weighted by Crippen LogP contribution is 2.23. The van der Waals surface area contributed by atoms with E-state index in [2.05, 4.69) is 17.4 Å². The Bertz CT molecular complexity index is 527. The Balaban J connectivity index is 1.81. The zero-order valence-electron chi connectivity index (χ0n) is 15.0. The highest BCUT2D eigenvalue weighted by atomic mass is 16.6. The van der Waals surface area contributed by atoms with Crippen LogP contribution >= 0.6 is 0 Å². The van der Waals surface area contributed by atoms with Gasteiger partial charge in [0.1, 0.15) is 5.60 Å². The Morgan fingerprint density at radius 2 is 1.96 bits per heavy atom. The maximum absolute atomic E-state index is 12.2. The summed E-state index contributed by atoms with van der Waals surface area (Å²) in [5.41, 5.74) is -0.0623. The Morgan fingerprint density at radius 3 is 2.62 bits per heavy atom. The lowest BCUT2D eigenvalue weighted by Crippen LogP contribution is -2.42. The van der Waals surface area contributed by atoms with Crippen LogP contribution in [0.1, 0.15) is 45.6 Å². The van der Waals surface area contributed by atoms with Crippen LogP contribution in [0, 0.1) is 0 Å². The number of nitrogens with one attached hydrogen (secondary N) is 1. The number of benzene rings is 1. The van der Waals surface area contributed by atoms with E-state index >= 15 is 0 Å². The fraction of sp³-hybridized carbons (Fsp3) is 0.632. The molecule has 5 nitrogen and oxygen atoms in total. The molecule has 1 fully saturated rings. The van der Waals surface area contributed by atoms with Crippen molar-refractivity contribution in [2.75, 3.05) is 19.6 Å². The second-order valence-corrected chi connectivity index (χ2v) is 7.63. The first-order valence-corrected chi connectivity index (χ1v) is 8.72. The predicted molar refractivity (Wildman–Crippen MR) is 94.8 cm³/mol. The van der Waals surface area contributed by atoms with Crippen LogP contribution in [0.25, 0.3) is 0 Å². The number of ether oxygens (including phenoxy) is 1. The Labute approximate surface area is 145 Å². The molecule has 2 N–H and O–H groups in total. The molecule has 24 heavy (non-hydrogen) atoms. The topological polar surface area (TPSA) is 61.8 Å². The van der Waals surface area contributed by atoms with Gasteiger partial charge in [0, 0.05) is 26.2 Å². The molecule has 1 heterocycles. The fourth-order valence-corrected chi connectivity index (χ4v) is 2.90. The number of carbonyl (C=O) groups excluding carboxylic acids is 1. The number of hydrogen-bond acceptors (Lipinski definition) is 4. The van der Waals surface area contributed by atoms with Gasteiger partial charge in [-0.05, 0) is 45.6 Å². The standard InChI is InChI=1S/C19H30N2O3/c1-18(2,3)24-17(22)21-12-7-10-19(23,11-13-21)15-20-14-16-8-5-4-6-9-16/h4-6,8-9,20,23H,7,10-15H2,1-3H3. The van der Waals surface area contributed by atoms with Gasteiger partial charge in [-0.3, -0.25) is 0 Å². The zero-order valence-corrected chi connectivity index (χ0v) is 15.0. The van der Waals surface area contributed by atoms with Crippen molar-refractivity contribution >= 4 is 6.09 Å². The maximum atomic E-state index is 12.2. The van der Waals surface area contributed by atoms with E-state index < -0.39 is 11.2 Å². The second kappa shape index (κ2) is 7.99. The first-order chi connectivity index (χ1) is 11.3. The minimum absolute atomic E-state index is 0.288. The van der Waals surface area contributed by atoms with Crippen molar-refractivity contribution in [2.24, 2.45) is 0 Å². The summed E-state index contributed by atoms with van der Waals surface area (Å²) < 4.78 is 5.43. The molecule has 1 aliphatic heterocycles. The van der Waals surface area contributed by atoms with E-state index in [-0.39, 0.29) is 6.09 Å². The average molecular weight is 334 g/mol. The number of hydrogen-bond donors (Lipinski definition) is 2. The molecular weight excluding hydrogens is 304 g/mol. The molecule has 1 unspecified atom stereocenters.